The zero-order valence-electron chi connectivity index (χ0n) is 7.14. The lowest BCUT2D eigenvalue weighted by Gasteiger charge is -2.27. The van der Waals surface area contributed by atoms with Crippen molar-refractivity contribution in [1.29, 1.82) is 0 Å². The summed E-state index contributed by atoms with van der Waals surface area (Å²) in [5, 5.41) is 17.7. The highest BCUT2D eigenvalue weighted by atomic mass is 16.5. The summed E-state index contributed by atoms with van der Waals surface area (Å²) in [4.78, 5) is 10.8. The molecule has 4 heteroatoms. The van der Waals surface area contributed by atoms with Crippen molar-refractivity contribution in [2.75, 3.05) is 6.61 Å². The molecule has 0 saturated carbocycles. The van der Waals surface area contributed by atoms with Crippen LogP contribution in [0.3, 0.4) is 0 Å². The molecule has 2 rings (SSSR count). The number of fused-ring (bicyclic) bond motifs is 2. The lowest BCUT2D eigenvalue weighted by atomic mass is 9.80. The Morgan fingerprint density at radius 2 is 2.46 bits per heavy atom. The minimum absolute atomic E-state index is 0.00417. The maximum absolute atomic E-state index is 10.8. The molecule has 3 unspecified atom stereocenters. The molecule has 2 N–H and O–H groups in total. The Labute approximate surface area is 75.8 Å². The fraction of sp³-hybridized carbons (Fsp3) is 0.667. The van der Waals surface area contributed by atoms with Gasteiger partial charge in [0.15, 0.2) is 6.10 Å². The molecule has 0 aromatic heterocycles. The number of hydrogen-bond donors (Lipinski definition) is 2. The van der Waals surface area contributed by atoms with Gasteiger partial charge < -0.3 is 14.9 Å². The minimum atomic E-state index is -0.930. The van der Waals surface area contributed by atoms with Gasteiger partial charge in [-0.3, -0.25) is 0 Å². The average Bonchev–Trinajstić information content (AvgIpc) is 2.60. The van der Waals surface area contributed by atoms with Crippen molar-refractivity contribution in [1.82, 2.24) is 0 Å². The summed E-state index contributed by atoms with van der Waals surface area (Å²) < 4.78 is 5.28. The van der Waals surface area contributed by atoms with E-state index in [9.17, 15) is 4.79 Å². The molecule has 13 heavy (non-hydrogen) atoms. The zero-order chi connectivity index (χ0) is 9.47. The molecule has 0 aromatic carbocycles. The third-order valence-electron chi connectivity index (χ3n) is 2.86. The van der Waals surface area contributed by atoms with Crippen LogP contribution in [0.1, 0.15) is 12.8 Å². The first kappa shape index (κ1) is 8.72. The van der Waals surface area contributed by atoms with E-state index in [0.29, 0.717) is 12.8 Å². The number of carboxylic acids is 1. The number of hydrogen-bond acceptors (Lipinski definition) is 3. The maximum Gasteiger partial charge on any atom is 0.333 e. The van der Waals surface area contributed by atoms with Crippen LogP contribution in [0, 0.1) is 5.41 Å². The van der Waals surface area contributed by atoms with Crippen LogP contribution in [0.4, 0.5) is 0 Å². The van der Waals surface area contributed by atoms with Gasteiger partial charge in [-0.2, -0.15) is 0 Å². The fourth-order valence-corrected chi connectivity index (χ4v) is 2.24. The maximum atomic E-state index is 10.8. The molecule has 2 bridgehead atoms. The fourth-order valence-electron chi connectivity index (χ4n) is 2.24. The molecule has 72 valence electrons. The summed E-state index contributed by atoms with van der Waals surface area (Å²) in [7, 11) is 0. The van der Waals surface area contributed by atoms with Crippen LogP contribution < -0.4 is 0 Å². The normalized spacial score (nSPS) is 41.3. The van der Waals surface area contributed by atoms with Crippen molar-refractivity contribution in [3.8, 4) is 0 Å². The molecule has 3 atom stereocenters. The first-order valence-electron chi connectivity index (χ1n) is 4.36. The summed E-state index contributed by atoms with van der Waals surface area (Å²) in [5.74, 6) is -0.930. The largest absolute Gasteiger partial charge is 0.479 e. The highest BCUT2D eigenvalue weighted by molar-refractivity contribution is 5.75. The molecule has 4 nitrogen and oxygen atoms in total. The number of carbonyl (C=O) groups is 1. The van der Waals surface area contributed by atoms with Crippen molar-refractivity contribution >= 4 is 5.97 Å². The summed E-state index contributed by atoms with van der Waals surface area (Å²) in [6, 6.07) is 0. The van der Waals surface area contributed by atoms with Gasteiger partial charge >= 0.3 is 5.97 Å². The Morgan fingerprint density at radius 1 is 1.69 bits per heavy atom. The van der Waals surface area contributed by atoms with Crippen molar-refractivity contribution in [3.05, 3.63) is 12.2 Å². The van der Waals surface area contributed by atoms with Gasteiger partial charge in [0.2, 0.25) is 0 Å². The second kappa shape index (κ2) is 2.82. The van der Waals surface area contributed by atoms with Gasteiger partial charge in [-0.05, 0) is 12.8 Å². The first-order chi connectivity index (χ1) is 6.18. The van der Waals surface area contributed by atoms with E-state index >= 15 is 0 Å². The van der Waals surface area contributed by atoms with Crippen LogP contribution in [-0.2, 0) is 9.53 Å². The second-order valence-corrected chi connectivity index (χ2v) is 3.66. The van der Waals surface area contributed by atoms with Gasteiger partial charge in [0, 0.05) is 12.0 Å². The van der Waals surface area contributed by atoms with Crippen molar-refractivity contribution in [2.45, 2.75) is 25.0 Å². The first-order valence-corrected chi connectivity index (χ1v) is 4.36. The molecule has 0 spiro atoms. The Morgan fingerprint density at radius 3 is 3.00 bits per heavy atom. The smallest absolute Gasteiger partial charge is 0.333 e. The van der Waals surface area contributed by atoms with Crippen LogP contribution in [0.25, 0.3) is 0 Å². The molecule has 1 saturated heterocycles. The summed E-state index contributed by atoms with van der Waals surface area (Å²) in [6.45, 7) is 0.00417. The van der Waals surface area contributed by atoms with E-state index in [1.165, 1.54) is 0 Å². The molecule has 1 aliphatic carbocycles. The van der Waals surface area contributed by atoms with E-state index in [-0.39, 0.29) is 12.7 Å². The minimum Gasteiger partial charge on any atom is -0.479 e. The number of aliphatic hydroxyl groups is 1. The lowest BCUT2D eigenvalue weighted by Crippen LogP contribution is -2.37. The Bertz CT molecular complexity index is 260. The number of rotatable bonds is 3. The molecule has 0 radical (unpaired) electrons. The molecule has 1 fully saturated rings. The van der Waals surface area contributed by atoms with Gasteiger partial charge in [-0.15, -0.1) is 0 Å². The molecule has 1 heterocycles. The topological polar surface area (TPSA) is 66.8 Å². The second-order valence-electron chi connectivity index (χ2n) is 3.66. The third kappa shape index (κ3) is 1.17. The Kier molecular flexibility index (Phi) is 1.89. The van der Waals surface area contributed by atoms with Crippen molar-refractivity contribution in [3.63, 3.8) is 0 Å². The Balaban J connectivity index is 2.23. The standard InChI is InChI=1S/C9H12O4/c10-4-3-9-2-1-6(5-9)13-7(9)8(11)12/h1-2,6-7,10H,3-5H2,(H,11,12). The molecular weight excluding hydrogens is 172 g/mol. The van der Waals surface area contributed by atoms with E-state index in [0.717, 1.165) is 0 Å². The van der Waals surface area contributed by atoms with E-state index < -0.39 is 17.5 Å². The average molecular weight is 184 g/mol. The molecule has 2 aliphatic rings. The van der Waals surface area contributed by atoms with Crippen molar-refractivity contribution in [2.24, 2.45) is 5.41 Å². The molecular formula is C9H12O4. The van der Waals surface area contributed by atoms with Crippen LogP contribution >= 0.6 is 0 Å². The molecule has 0 aromatic rings. The lowest BCUT2D eigenvalue weighted by molar-refractivity contribution is -0.153. The van der Waals surface area contributed by atoms with Gasteiger partial charge in [-0.1, -0.05) is 12.2 Å². The van der Waals surface area contributed by atoms with E-state index in [2.05, 4.69) is 0 Å². The van der Waals surface area contributed by atoms with Gasteiger partial charge in [0.1, 0.15) is 0 Å². The van der Waals surface area contributed by atoms with Crippen molar-refractivity contribution < 1.29 is 19.7 Å². The van der Waals surface area contributed by atoms with Crippen LogP contribution in [0.2, 0.25) is 0 Å². The summed E-state index contributed by atoms with van der Waals surface area (Å²) in [6.07, 6.45) is 4.11. The molecule has 1 aliphatic heterocycles. The predicted octanol–water partition coefficient (Wildman–Crippen LogP) is 0.167. The van der Waals surface area contributed by atoms with E-state index in [4.69, 9.17) is 14.9 Å². The van der Waals surface area contributed by atoms with Gasteiger partial charge in [-0.25, -0.2) is 4.79 Å². The van der Waals surface area contributed by atoms with E-state index in [1.807, 2.05) is 12.2 Å². The van der Waals surface area contributed by atoms with E-state index in [1.54, 1.807) is 0 Å². The highest BCUT2D eigenvalue weighted by Crippen LogP contribution is 2.48. The number of aliphatic carboxylic acids is 1. The zero-order valence-corrected chi connectivity index (χ0v) is 7.14. The number of aliphatic hydroxyl groups excluding tert-OH is 1. The SMILES string of the molecule is O=C(O)C1OC2C=CC1(CCO)C2. The van der Waals surface area contributed by atoms with Crippen LogP contribution in [0.5, 0.6) is 0 Å². The Hall–Kier alpha value is -0.870. The molecule has 0 amide bonds. The highest BCUT2D eigenvalue weighted by Gasteiger charge is 2.52. The predicted molar refractivity (Wildman–Crippen MR) is 44.2 cm³/mol. The quantitative estimate of drug-likeness (QED) is 0.613. The summed E-state index contributed by atoms with van der Waals surface area (Å²) >= 11 is 0. The monoisotopic (exact) mass is 184 g/mol. The van der Waals surface area contributed by atoms with Crippen LogP contribution in [-0.4, -0.2) is 35.0 Å². The number of ether oxygens (including phenoxy) is 1. The van der Waals surface area contributed by atoms with Gasteiger partial charge in [0.05, 0.1) is 6.10 Å². The van der Waals surface area contributed by atoms with Gasteiger partial charge in [0.25, 0.3) is 0 Å². The third-order valence-corrected chi connectivity index (χ3v) is 2.86. The number of carboxylic acid groups (broad SMARTS) is 1. The summed E-state index contributed by atoms with van der Waals surface area (Å²) in [5.41, 5.74) is -0.453. The van der Waals surface area contributed by atoms with Crippen LogP contribution in [0.15, 0.2) is 12.2 Å².